The molecule has 3 aromatic heterocycles. The number of hydrogen-bond acceptors (Lipinski definition) is 4. The highest BCUT2D eigenvalue weighted by molar-refractivity contribution is 6.42. The Hall–Kier alpha value is -2.18. The smallest absolute Gasteiger partial charge is 0.170 e. The van der Waals surface area contributed by atoms with Gasteiger partial charge < -0.3 is 0 Å². The predicted molar refractivity (Wildman–Crippen MR) is 89.4 cm³/mol. The van der Waals surface area contributed by atoms with Crippen LogP contribution in [0.25, 0.3) is 22.4 Å². The average Bonchev–Trinajstić information content (AvgIpc) is 3.13. The molecular formula is C15H12Cl2N6. The van der Waals surface area contributed by atoms with Crippen molar-refractivity contribution in [3.8, 4) is 5.69 Å². The standard InChI is InChI=1S/C15H12Cl2N6/c1-2-3-13-20-15-10-7-19-23(14(10)18-8-22(15)21-13)9-4-5-11(16)12(17)6-9/h4-8H,2-3H2,1H3. The van der Waals surface area contributed by atoms with Gasteiger partial charge in [0.1, 0.15) is 6.33 Å². The average molecular weight is 347 g/mol. The van der Waals surface area contributed by atoms with Gasteiger partial charge >= 0.3 is 0 Å². The van der Waals surface area contributed by atoms with Crippen molar-refractivity contribution in [1.82, 2.24) is 29.4 Å². The Morgan fingerprint density at radius 3 is 2.78 bits per heavy atom. The number of rotatable bonds is 3. The Morgan fingerprint density at radius 1 is 1.13 bits per heavy atom. The Labute approximate surface area is 141 Å². The van der Waals surface area contributed by atoms with Crippen molar-refractivity contribution in [2.45, 2.75) is 19.8 Å². The molecule has 0 bridgehead atoms. The molecule has 0 aliphatic carbocycles. The van der Waals surface area contributed by atoms with Gasteiger partial charge in [0.2, 0.25) is 0 Å². The topological polar surface area (TPSA) is 60.9 Å². The Bertz CT molecular complexity index is 1020. The summed E-state index contributed by atoms with van der Waals surface area (Å²) in [5, 5.41) is 10.7. The SMILES string of the molecule is CCCc1nc2c3cnn(-c4ccc(Cl)c(Cl)c4)c3ncn2n1. The number of fused-ring (bicyclic) bond motifs is 3. The van der Waals surface area contributed by atoms with Crippen LogP contribution in [0.4, 0.5) is 0 Å². The molecule has 4 rings (SSSR count). The number of hydrogen-bond donors (Lipinski definition) is 0. The summed E-state index contributed by atoms with van der Waals surface area (Å²) in [5.74, 6) is 0.809. The van der Waals surface area contributed by atoms with Crippen molar-refractivity contribution >= 4 is 39.9 Å². The van der Waals surface area contributed by atoms with Gasteiger partial charge in [-0.2, -0.15) is 5.10 Å². The molecular weight excluding hydrogens is 335 g/mol. The summed E-state index contributed by atoms with van der Waals surface area (Å²) in [6, 6.07) is 5.34. The third-order valence-electron chi connectivity index (χ3n) is 3.57. The number of halogens is 2. The molecule has 8 heteroatoms. The molecule has 0 unspecified atom stereocenters. The molecule has 0 radical (unpaired) electrons. The maximum absolute atomic E-state index is 6.10. The van der Waals surface area contributed by atoms with Crippen LogP contribution >= 0.6 is 23.2 Å². The van der Waals surface area contributed by atoms with Crippen LogP contribution < -0.4 is 0 Å². The first-order valence-electron chi connectivity index (χ1n) is 7.21. The van der Waals surface area contributed by atoms with Crippen LogP contribution in [0.3, 0.4) is 0 Å². The van der Waals surface area contributed by atoms with Gasteiger partial charge in [0.15, 0.2) is 17.1 Å². The van der Waals surface area contributed by atoms with Gasteiger partial charge in [-0.25, -0.2) is 19.2 Å². The number of aryl methyl sites for hydroxylation is 1. The molecule has 1 aromatic carbocycles. The maximum atomic E-state index is 6.10. The van der Waals surface area contributed by atoms with Crippen molar-refractivity contribution in [1.29, 1.82) is 0 Å². The second-order valence-electron chi connectivity index (χ2n) is 5.18. The van der Waals surface area contributed by atoms with Crippen LogP contribution in [0.1, 0.15) is 19.2 Å². The molecule has 3 heterocycles. The minimum atomic E-state index is 0.474. The fourth-order valence-electron chi connectivity index (χ4n) is 2.50. The molecule has 0 aliphatic heterocycles. The summed E-state index contributed by atoms with van der Waals surface area (Å²) < 4.78 is 3.40. The molecule has 0 aliphatic rings. The summed E-state index contributed by atoms with van der Waals surface area (Å²) in [7, 11) is 0. The third-order valence-corrected chi connectivity index (χ3v) is 4.31. The molecule has 0 saturated heterocycles. The highest BCUT2D eigenvalue weighted by atomic mass is 35.5. The van der Waals surface area contributed by atoms with Gasteiger partial charge in [0.25, 0.3) is 0 Å². The summed E-state index contributed by atoms with van der Waals surface area (Å²) in [6.07, 6.45) is 5.23. The van der Waals surface area contributed by atoms with E-state index in [1.165, 1.54) is 0 Å². The largest absolute Gasteiger partial charge is 0.216 e. The van der Waals surface area contributed by atoms with E-state index in [4.69, 9.17) is 23.2 Å². The van der Waals surface area contributed by atoms with Gasteiger partial charge in [0.05, 0.1) is 27.3 Å². The van der Waals surface area contributed by atoms with Crippen molar-refractivity contribution < 1.29 is 0 Å². The lowest BCUT2D eigenvalue weighted by atomic mass is 10.3. The zero-order chi connectivity index (χ0) is 16.0. The number of benzene rings is 1. The first kappa shape index (κ1) is 14.4. The first-order valence-corrected chi connectivity index (χ1v) is 7.96. The maximum Gasteiger partial charge on any atom is 0.170 e. The van der Waals surface area contributed by atoms with Crippen molar-refractivity contribution in [2.24, 2.45) is 0 Å². The number of aromatic nitrogens is 6. The quantitative estimate of drug-likeness (QED) is 0.567. The molecule has 6 nitrogen and oxygen atoms in total. The van der Waals surface area contributed by atoms with E-state index in [0.717, 1.165) is 35.4 Å². The zero-order valence-corrected chi connectivity index (χ0v) is 13.8. The van der Waals surface area contributed by atoms with E-state index in [1.807, 2.05) is 6.07 Å². The second kappa shape index (κ2) is 5.47. The lowest BCUT2D eigenvalue weighted by Gasteiger charge is -2.04. The van der Waals surface area contributed by atoms with Crippen molar-refractivity contribution in [2.75, 3.05) is 0 Å². The van der Waals surface area contributed by atoms with Gasteiger partial charge in [-0.15, -0.1) is 5.10 Å². The van der Waals surface area contributed by atoms with Crippen LogP contribution in [-0.2, 0) is 6.42 Å². The zero-order valence-electron chi connectivity index (χ0n) is 12.2. The molecule has 0 fully saturated rings. The lowest BCUT2D eigenvalue weighted by Crippen LogP contribution is -1.99. The van der Waals surface area contributed by atoms with E-state index >= 15 is 0 Å². The van der Waals surface area contributed by atoms with Gasteiger partial charge in [-0.05, 0) is 24.6 Å². The first-order chi connectivity index (χ1) is 11.2. The molecule has 0 amide bonds. The Morgan fingerprint density at radius 2 is 2.00 bits per heavy atom. The normalized spacial score (nSPS) is 11.6. The molecule has 0 spiro atoms. The van der Waals surface area contributed by atoms with E-state index < -0.39 is 0 Å². The minimum absolute atomic E-state index is 0.474. The molecule has 0 N–H and O–H groups in total. The fourth-order valence-corrected chi connectivity index (χ4v) is 2.79. The summed E-state index contributed by atoms with van der Waals surface area (Å²) in [6.45, 7) is 2.10. The van der Waals surface area contributed by atoms with E-state index in [1.54, 1.807) is 33.9 Å². The van der Waals surface area contributed by atoms with Crippen molar-refractivity contribution in [3.05, 3.63) is 46.6 Å². The number of nitrogens with zero attached hydrogens (tertiary/aromatic N) is 6. The third kappa shape index (κ3) is 2.34. The molecule has 0 atom stereocenters. The summed E-state index contributed by atoms with van der Waals surface area (Å²) in [5.41, 5.74) is 2.25. The molecule has 0 saturated carbocycles. The van der Waals surface area contributed by atoms with Crippen LogP contribution in [0.2, 0.25) is 10.0 Å². The Kier molecular flexibility index (Phi) is 3.43. The van der Waals surface area contributed by atoms with Crippen LogP contribution in [0.15, 0.2) is 30.7 Å². The van der Waals surface area contributed by atoms with Gasteiger partial charge in [-0.3, -0.25) is 0 Å². The molecule has 23 heavy (non-hydrogen) atoms. The molecule has 4 aromatic rings. The van der Waals surface area contributed by atoms with E-state index in [2.05, 4.69) is 27.1 Å². The molecule has 116 valence electrons. The Balaban J connectivity index is 1.92. The van der Waals surface area contributed by atoms with E-state index in [9.17, 15) is 0 Å². The lowest BCUT2D eigenvalue weighted by molar-refractivity contribution is 0.811. The van der Waals surface area contributed by atoms with E-state index in [0.29, 0.717) is 15.7 Å². The summed E-state index contributed by atoms with van der Waals surface area (Å²) >= 11 is 12.1. The van der Waals surface area contributed by atoms with Crippen LogP contribution in [-0.4, -0.2) is 29.4 Å². The van der Waals surface area contributed by atoms with Gasteiger partial charge in [0, 0.05) is 6.42 Å². The predicted octanol–water partition coefficient (Wildman–Crippen LogP) is 3.72. The van der Waals surface area contributed by atoms with Crippen LogP contribution in [0, 0.1) is 0 Å². The fraction of sp³-hybridized carbons (Fsp3) is 0.200. The summed E-state index contributed by atoms with van der Waals surface area (Å²) in [4.78, 5) is 9.04. The highest BCUT2D eigenvalue weighted by Crippen LogP contribution is 2.26. The van der Waals surface area contributed by atoms with Crippen LogP contribution in [0.5, 0.6) is 0 Å². The highest BCUT2D eigenvalue weighted by Gasteiger charge is 2.13. The van der Waals surface area contributed by atoms with E-state index in [-0.39, 0.29) is 0 Å². The minimum Gasteiger partial charge on any atom is -0.216 e. The van der Waals surface area contributed by atoms with Crippen molar-refractivity contribution in [3.63, 3.8) is 0 Å². The van der Waals surface area contributed by atoms with Gasteiger partial charge in [-0.1, -0.05) is 30.1 Å². The second-order valence-corrected chi connectivity index (χ2v) is 6.00. The monoisotopic (exact) mass is 346 g/mol.